The number of hydrogen-bond donors (Lipinski definition) is 0. The Morgan fingerprint density at radius 1 is 1.29 bits per heavy atom. The maximum atomic E-state index is 12.4. The second kappa shape index (κ2) is 2.81. The number of carbonyl (C=O) groups excluding carboxylic acids is 1. The van der Waals surface area contributed by atoms with Crippen LogP contribution in [-0.2, 0) is 15.1 Å². The first-order valence-corrected chi connectivity index (χ1v) is 6.46. The molecule has 3 aliphatic rings. The predicted octanol–water partition coefficient (Wildman–Crippen LogP) is 2.67. The second-order valence-electron chi connectivity index (χ2n) is 5.88. The van der Waals surface area contributed by atoms with Gasteiger partial charge in [-0.15, -0.1) is 0 Å². The average Bonchev–Trinajstić information content (AvgIpc) is 2.90. The van der Waals surface area contributed by atoms with Crippen LogP contribution in [0.4, 0.5) is 0 Å². The molecule has 2 bridgehead atoms. The van der Waals surface area contributed by atoms with Gasteiger partial charge in [-0.2, -0.15) is 0 Å². The molecule has 0 aromatic heterocycles. The summed E-state index contributed by atoms with van der Waals surface area (Å²) in [5.41, 5.74) is 0.621. The molecule has 2 aliphatic heterocycles. The Balaban J connectivity index is 1.97. The zero-order chi connectivity index (χ0) is 11.7. The van der Waals surface area contributed by atoms with Gasteiger partial charge >= 0.3 is 0 Å². The second-order valence-corrected chi connectivity index (χ2v) is 5.88. The van der Waals surface area contributed by atoms with Crippen molar-refractivity contribution in [2.24, 2.45) is 11.3 Å². The van der Waals surface area contributed by atoms with Gasteiger partial charge in [-0.3, -0.25) is 4.79 Å². The summed E-state index contributed by atoms with van der Waals surface area (Å²) in [5, 5.41) is 0. The van der Waals surface area contributed by atoms with Gasteiger partial charge in [0.05, 0.1) is 5.41 Å². The van der Waals surface area contributed by atoms with E-state index in [1.807, 2.05) is 18.2 Å². The van der Waals surface area contributed by atoms with Crippen molar-refractivity contribution in [3.8, 4) is 0 Å². The van der Waals surface area contributed by atoms with Gasteiger partial charge in [0, 0.05) is 0 Å². The molecule has 0 N–H and O–H groups in total. The largest absolute Gasteiger partial charge is 0.358 e. The minimum Gasteiger partial charge on any atom is -0.358 e. The molecule has 4 atom stereocenters. The monoisotopic (exact) mass is 228 g/mol. The fourth-order valence-corrected chi connectivity index (χ4v) is 4.47. The Kier molecular flexibility index (Phi) is 1.62. The normalized spacial score (nSPS) is 46.8. The summed E-state index contributed by atoms with van der Waals surface area (Å²) in [4.78, 5) is 12.4. The van der Waals surface area contributed by atoms with Crippen molar-refractivity contribution in [3.63, 3.8) is 0 Å². The standard InChI is InChI=1S/C15H16O2/c1-14-8-7-11-9-12(13(14)16)17-15(11,14)10-5-3-2-4-6-10/h2-6,11-12H,7-9H2,1H3/t11-,12-,14+,15+/m1/s1. The number of ketones is 1. The van der Waals surface area contributed by atoms with Crippen LogP contribution >= 0.6 is 0 Å². The fraction of sp³-hybridized carbons (Fsp3) is 0.533. The topological polar surface area (TPSA) is 26.3 Å². The summed E-state index contributed by atoms with van der Waals surface area (Å²) in [6.45, 7) is 2.11. The highest BCUT2D eigenvalue weighted by molar-refractivity contribution is 5.94. The third kappa shape index (κ3) is 0.878. The first-order valence-electron chi connectivity index (χ1n) is 6.46. The number of carbonyl (C=O) groups is 1. The minimum atomic E-state index is -0.310. The highest BCUT2D eigenvalue weighted by Crippen LogP contribution is 2.69. The molecule has 1 aromatic rings. The molecule has 0 spiro atoms. The highest BCUT2D eigenvalue weighted by atomic mass is 16.5. The maximum Gasteiger partial charge on any atom is 0.170 e. The summed E-state index contributed by atoms with van der Waals surface area (Å²) in [5.74, 6) is 0.882. The van der Waals surface area contributed by atoms with Crippen molar-refractivity contribution in [3.05, 3.63) is 35.9 Å². The van der Waals surface area contributed by atoms with E-state index in [0.717, 1.165) is 19.3 Å². The van der Waals surface area contributed by atoms with Gasteiger partial charge in [0.2, 0.25) is 0 Å². The lowest BCUT2D eigenvalue weighted by molar-refractivity contribution is -0.129. The quantitative estimate of drug-likeness (QED) is 0.738. The van der Waals surface area contributed by atoms with Crippen LogP contribution in [-0.4, -0.2) is 11.9 Å². The molecule has 3 fully saturated rings. The Bertz CT molecular complexity index is 495. The third-order valence-electron chi connectivity index (χ3n) is 5.25. The number of fused-ring (bicyclic) bond motifs is 1. The summed E-state index contributed by atoms with van der Waals surface area (Å²) in [6.07, 6.45) is 2.92. The van der Waals surface area contributed by atoms with Crippen molar-refractivity contribution in [1.82, 2.24) is 0 Å². The fourth-order valence-electron chi connectivity index (χ4n) is 4.47. The molecule has 1 aromatic carbocycles. The van der Waals surface area contributed by atoms with Gasteiger partial charge in [0.25, 0.3) is 0 Å². The number of Topliss-reactive ketones (excluding diaryl/α,β-unsaturated/α-hetero) is 1. The van der Waals surface area contributed by atoms with Crippen LogP contribution in [0.1, 0.15) is 31.7 Å². The van der Waals surface area contributed by atoms with E-state index in [1.54, 1.807) is 0 Å². The number of ether oxygens (including phenoxy) is 1. The minimum absolute atomic E-state index is 0.132. The van der Waals surface area contributed by atoms with E-state index < -0.39 is 0 Å². The van der Waals surface area contributed by atoms with Gasteiger partial charge < -0.3 is 4.74 Å². The van der Waals surface area contributed by atoms with Crippen LogP contribution in [0.25, 0.3) is 0 Å². The van der Waals surface area contributed by atoms with E-state index in [2.05, 4.69) is 19.1 Å². The van der Waals surface area contributed by atoms with Crippen molar-refractivity contribution >= 4 is 5.78 Å². The molecule has 0 unspecified atom stereocenters. The summed E-state index contributed by atoms with van der Waals surface area (Å²) in [6, 6.07) is 10.4. The molecule has 2 nitrogen and oxygen atoms in total. The number of benzene rings is 1. The number of hydrogen-bond acceptors (Lipinski definition) is 2. The van der Waals surface area contributed by atoms with Crippen LogP contribution < -0.4 is 0 Å². The van der Waals surface area contributed by atoms with E-state index >= 15 is 0 Å². The molecular weight excluding hydrogens is 212 g/mol. The molecule has 1 saturated carbocycles. The summed E-state index contributed by atoms with van der Waals surface area (Å²) >= 11 is 0. The SMILES string of the molecule is C[C@@]12CC[C@@H]3C[C@@H](O[C@@]31c1ccccc1)C2=O. The van der Waals surface area contributed by atoms with Crippen molar-refractivity contribution in [2.75, 3.05) is 0 Å². The first kappa shape index (κ1) is 9.84. The van der Waals surface area contributed by atoms with Gasteiger partial charge in [0.15, 0.2) is 5.78 Å². The van der Waals surface area contributed by atoms with Crippen molar-refractivity contribution in [1.29, 1.82) is 0 Å². The van der Waals surface area contributed by atoms with Crippen LogP contribution in [0.5, 0.6) is 0 Å². The van der Waals surface area contributed by atoms with Gasteiger partial charge in [0.1, 0.15) is 11.7 Å². The third-order valence-corrected chi connectivity index (χ3v) is 5.25. The van der Waals surface area contributed by atoms with E-state index in [-0.39, 0.29) is 17.1 Å². The van der Waals surface area contributed by atoms with Crippen LogP contribution in [0, 0.1) is 11.3 Å². The molecule has 2 saturated heterocycles. The molecule has 2 heterocycles. The molecular formula is C15H16O2. The van der Waals surface area contributed by atoms with Gasteiger partial charge in [-0.05, 0) is 37.7 Å². The average molecular weight is 228 g/mol. The number of rotatable bonds is 1. The summed E-state index contributed by atoms with van der Waals surface area (Å²) in [7, 11) is 0. The Hall–Kier alpha value is -1.15. The Morgan fingerprint density at radius 3 is 2.82 bits per heavy atom. The molecule has 2 heteroatoms. The maximum absolute atomic E-state index is 12.4. The summed E-state index contributed by atoms with van der Waals surface area (Å²) < 4.78 is 6.20. The van der Waals surface area contributed by atoms with E-state index in [4.69, 9.17) is 4.74 Å². The Labute approximate surface area is 101 Å². The molecule has 0 amide bonds. The van der Waals surface area contributed by atoms with E-state index in [1.165, 1.54) is 5.56 Å². The molecule has 4 rings (SSSR count). The molecule has 1 aliphatic carbocycles. The van der Waals surface area contributed by atoms with Crippen LogP contribution in [0.2, 0.25) is 0 Å². The molecule has 0 radical (unpaired) electrons. The lowest BCUT2D eigenvalue weighted by Gasteiger charge is -2.38. The first-order chi connectivity index (χ1) is 8.18. The molecule has 88 valence electrons. The van der Waals surface area contributed by atoms with Gasteiger partial charge in [-0.25, -0.2) is 0 Å². The lowest BCUT2D eigenvalue weighted by Crippen LogP contribution is -2.45. The smallest absolute Gasteiger partial charge is 0.170 e. The van der Waals surface area contributed by atoms with Crippen LogP contribution in [0.3, 0.4) is 0 Å². The highest BCUT2D eigenvalue weighted by Gasteiger charge is 2.74. The lowest BCUT2D eigenvalue weighted by atomic mass is 9.64. The van der Waals surface area contributed by atoms with E-state index in [0.29, 0.717) is 11.7 Å². The predicted molar refractivity (Wildman–Crippen MR) is 63.4 cm³/mol. The van der Waals surface area contributed by atoms with Crippen molar-refractivity contribution < 1.29 is 9.53 Å². The zero-order valence-electron chi connectivity index (χ0n) is 9.98. The zero-order valence-corrected chi connectivity index (χ0v) is 9.98. The van der Waals surface area contributed by atoms with E-state index in [9.17, 15) is 4.79 Å². The van der Waals surface area contributed by atoms with Crippen LogP contribution in [0.15, 0.2) is 30.3 Å². The molecule has 17 heavy (non-hydrogen) atoms. The van der Waals surface area contributed by atoms with Gasteiger partial charge in [-0.1, -0.05) is 30.3 Å². The van der Waals surface area contributed by atoms with Crippen molar-refractivity contribution in [2.45, 2.75) is 37.9 Å². The Morgan fingerprint density at radius 2 is 2.06 bits per heavy atom.